The van der Waals surface area contributed by atoms with Crippen molar-refractivity contribution in [2.45, 2.75) is 13.0 Å². The third kappa shape index (κ3) is 2.97. The molecule has 4 rings (SSSR count). The van der Waals surface area contributed by atoms with Gasteiger partial charge in [-0.3, -0.25) is 4.79 Å². The maximum absolute atomic E-state index is 12.6. The van der Waals surface area contributed by atoms with Crippen LogP contribution >= 0.6 is 34.5 Å². The maximum Gasteiger partial charge on any atom is 0.283 e. The highest BCUT2D eigenvalue weighted by Gasteiger charge is 2.17. The number of hydrogen-bond donors (Lipinski definition) is 0. The molecule has 2 aromatic heterocycles. The zero-order chi connectivity index (χ0) is 17.6. The van der Waals surface area contributed by atoms with Gasteiger partial charge in [-0.25, -0.2) is 4.98 Å². The van der Waals surface area contributed by atoms with Crippen molar-refractivity contribution >= 4 is 50.4 Å². The number of fused-ring (bicyclic) bond motifs is 2. The van der Waals surface area contributed by atoms with Crippen LogP contribution in [0.15, 0.2) is 47.3 Å². The zero-order valence-corrected chi connectivity index (χ0v) is 15.3. The van der Waals surface area contributed by atoms with Gasteiger partial charge in [-0.2, -0.15) is 9.61 Å². The van der Waals surface area contributed by atoms with Gasteiger partial charge in [0, 0.05) is 11.1 Å². The highest BCUT2D eigenvalue weighted by molar-refractivity contribution is 7.16. The summed E-state index contributed by atoms with van der Waals surface area (Å²) in [6, 6.07) is 12.2. The lowest BCUT2D eigenvalue weighted by atomic mass is 10.2. The first-order chi connectivity index (χ1) is 12.0. The van der Waals surface area contributed by atoms with E-state index in [-0.39, 0.29) is 5.56 Å². The number of para-hydroxylation sites is 1. The van der Waals surface area contributed by atoms with E-state index in [9.17, 15) is 4.79 Å². The van der Waals surface area contributed by atoms with Crippen LogP contribution < -0.4 is 10.3 Å². The van der Waals surface area contributed by atoms with E-state index in [2.05, 4.69) is 10.1 Å². The first-order valence-electron chi connectivity index (χ1n) is 7.43. The van der Waals surface area contributed by atoms with Crippen LogP contribution in [0.1, 0.15) is 18.0 Å². The molecular formula is C17H11Cl2N3O2S. The van der Waals surface area contributed by atoms with Gasteiger partial charge in [0.05, 0.1) is 15.9 Å². The lowest BCUT2D eigenvalue weighted by Crippen LogP contribution is -2.15. The van der Waals surface area contributed by atoms with Crippen LogP contribution in [0.5, 0.6) is 5.75 Å². The molecule has 8 heteroatoms. The minimum atomic E-state index is -0.412. The highest BCUT2D eigenvalue weighted by atomic mass is 35.5. The average Bonchev–Trinajstić information content (AvgIpc) is 3.03. The van der Waals surface area contributed by atoms with Gasteiger partial charge in [-0.15, -0.1) is 0 Å². The smallest absolute Gasteiger partial charge is 0.283 e. The number of aromatic nitrogens is 3. The second-order valence-corrected chi connectivity index (χ2v) is 7.23. The van der Waals surface area contributed by atoms with Gasteiger partial charge in [0.25, 0.3) is 5.56 Å². The number of nitrogens with zero attached hydrogens (tertiary/aromatic N) is 3. The van der Waals surface area contributed by atoms with Crippen molar-refractivity contribution in [2.24, 2.45) is 0 Å². The SMILES string of the molecule is C[C@@H](Oc1cc(Cl)ccc1Cl)c1nn2c(=O)c3ccccc3nc2s1. The fourth-order valence-electron chi connectivity index (χ4n) is 2.44. The van der Waals surface area contributed by atoms with E-state index in [4.69, 9.17) is 27.9 Å². The topological polar surface area (TPSA) is 56.5 Å². The summed E-state index contributed by atoms with van der Waals surface area (Å²) in [5.41, 5.74) is 0.449. The minimum Gasteiger partial charge on any atom is -0.482 e. The van der Waals surface area contributed by atoms with Gasteiger partial charge in [-0.1, -0.05) is 46.7 Å². The third-order valence-electron chi connectivity index (χ3n) is 3.66. The van der Waals surface area contributed by atoms with E-state index >= 15 is 0 Å². The Kier molecular flexibility index (Phi) is 4.11. The molecule has 0 spiro atoms. The lowest BCUT2D eigenvalue weighted by molar-refractivity contribution is 0.225. The summed E-state index contributed by atoms with van der Waals surface area (Å²) in [5, 5.41) is 6.51. The van der Waals surface area contributed by atoms with Crippen molar-refractivity contribution in [3.8, 4) is 5.75 Å². The molecule has 0 saturated heterocycles. The zero-order valence-electron chi connectivity index (χ0n) is 12.9. The highest BCUT2D eigenvalue weighted by Crippen LogP contribution is 2.32. The van der Waals surface area contributed by atoms with E-state index in [1.165, 1.54) is 15.9 Å². The molecule has 0 unspecified atom stereocenters. The molecule has 0 bridgehead atoms. The van der Waals surface area contributed by atoms with Crippen molar-refractivity contribution < 1.29 is 4.74 Å². The second kappa shape index (κ2) is 6.29. The van der Waals surface area contributed by atoms with Gasteiger partial charge in [-0.05, 0) is 31.2 Å². The number of hydrogen-bond acceptors (Lipinski definition) is 5. The van der Waals surface area contributed by atoms with Crippen LogP contribution in [0.2, 0.25) is 10.0 Å². The van der Waals surface area contributed by atoms with E-state index < -0.39 is 6.10 Å². The molecule has 126 valence electrons. The summed E-state index contributed by atoms with van der Waals surface area (Å²) in [6.07, 6.45) is -0.412. The standard InChI is InChI=1S/C17H11Cl2N3O2S/c1-9(24-14-8-10(18)6-7-12(14)19)15-21-22-16(23)11-4-2-3-5-13(11)20-17(22)25-15/h2-9H,1H3/t9-/m1/s1. The Bertz CT molecular complexity index is 1160. The number of halogens is 2. The monoisotopic (exact) mass is 391 g/mol. The van der Waals surface area contributed by atoms with Crippen molar-refractivity contribution in [2.75, 3.05) is 0 Å². The third-order valence-corrected chi connectivity index (χ3v) is 5.28. The number of ether oxygens (including phenoxy) is 1. The Hall–Kier alpha value is -2.15. The molecule has 0 radical (unpaired) electrons. The molecule has 5 nitrogen and oxygen atoms in total. The summed E-state index contributed by atoms with van der Waals surface area (Å²) < 4.78 is 7.17. The summed E-state index contributed by atoms with van der Waals surface area (Å²) >= 11 is 13.4. The molecule has 0 aliphatic rings. The molecule has 2 heterocycles. The Balaban J connectivity index is 1.76. The molecule has 0 N–H and O–H groups in total. The molecule has 0 aliphatic heterocycles. The summed E-state index contributed by atoms with van der Waals surface area (Å²) in [4.78, 5) is 17.6. The van der Waals surface area contributed by atoms with Crippen molar-refractivity contribution in [1.82, 2.24) is 14.6 Å². The van der Waals surface area contributed by atoms with Crippen molar-refractivity contribution in [3.05, 3.63) is 67.9 Å². The summed E-state index contributed by atoms with van der Waals surface area (Å²) in [7, 11) is 0. The van der Waals surface area contributed by atoms with Gasteiger partial charge in [0.1, 0.15) is 11.9 Å². The Morgan fingerprint density at radius 2 is 2.00 bits per heavy atom. The van der Waals surface area contributed by atoms with Crippen LogP contribution in [0.4, 0.5) is 0 Å². The van der Waals surface area contributed by atoms with E-state index in [0.717, 1.165) is 0 Å². The van der Waals surface area contributed by atoms with Crippen LogP contribution in [0, 0.1) is 0 Å². The van der Waals surface area contributed by atoms with Crippen LogP contribution in [-0.2, 0) is 0 Å². The largest absolute Gasteiger partial charge is 0.482 e. The molecule has 25 heavy (non-hydrogen) atoms. The number of benzene rings is 2. The quantitative estimate of drug-likeness (QED) is 0.505. The van der Waals surface area contributed by atoms with Crippen LogP contribution in [0.25, 0.3) is 15.9 Å². The molecule has 0 saturated carbocycles. The molecule has 0 fully saturated rings. The average molecular weight is 392 g/mol. The first-order valence-corrected chi connectivity index (χ1v) is 9.00. The lowest BCUT2D eigenvalue weighted by Gasteiger charge is -2.13. The fraction of sp³-hybridized carbons (Fsp3) is 0.118. The molecule has 0 amide bonds. The van der Waals surface area contributed by atoms with E-state index in [1.807, 2.05) is 19.1 Å². The fourth-order valence-corrected chi connectivity index (χ4v) is 3.64. The van der Waals surface area contributed by atoms with E-state index in [1.54, 1.807) is 30.3 Å². The van der Waals surface area contributed by atoms with Gasteiger partial charge in [0.2, 0.25) is 4.96 Å². The Morgan fingerprint density at radius 3 is 2.84 bits per heavy atom. The van der Waals surface area contributed by atoms with Crippen molar-refractivity contribution in [1.29, 1.82) is 0 Å². The Morgan fingerprint density at radius 1 is 1.20 bits per heavy atom. The van der Waals surface area contributed by atoms with Crippen LogP contribution in [0.3, 0.4) is 0 Å². The molecule has 2 aromatic carbocycles. The molecule has 1 atom stereocenters. The second-order valence-electron chi connectivity index (χ2n) is 5.40. The van der Waals surface area contributed by atoms with Gasteiger partial charge < -0.3 is 4.74 Å². The normalized spacial score (nSPS) is 12.6. The van der Waals surface area contributed by atoms with Crippen LogP contribution in [-0.4, -0.2) is 14.6 Å². The molecular weight excluding hydrogens is 381 g/mol. The minimum absolute atomic E-state index is 0.198. The predicted molar refractivity (Wildman–Crippen MR) is 100 cm³/mol. The van der Waals surface area contributed by atoms with Gasteiger partial charge >= 0.3 is 0 Å². The Labute approximate surface area is 156 Å². The van der Waals surface area contributed by atoms with Gasteiger partial charge in [0.15, 0.2) is 5.01 Å². The summed E-state index contributed by atoms with van der Waals surface area (Å²) in [6.45, 7) is 1.83. The molecule has 0 aliphatic carbocycles. The van der Waals surface area contributed by atoms with E-state index in [0.29, 0.717) is 36.7 Å². The first kappa shape index (κ1) is 16.3. The maximum atomic E-state index is 12.6. The predicted octanol–water partition coefficient (Wildman–Crippen LogP) is 4.75. The van der Waals surface area contributed by atoms with Crippen molar-refractivity contribution in [3.63, 3.8) is 0 Å². The number of rotatable bonds is 3. The molecule has 4 aromatic rings. The summed E-state index contributed by atoms with van der Waals surface area (Å²) in [5.74, 6) is 0.464.